The van der Waals surface area contributed by atoms with Crippen LogP contribution in [0.25, 0.3) is 0 Å². The summed E-state index contributed by atoms with van der Waals surface area (Å²) in [5.41, 5.74) is -2.14. The van der Waals surface area contributed by atoms with Gasteiger partial charge in [-0.15, -0.1) is 0 Å². The van der Waals surface area contributed by atoms with Gasteiger partial charge in [0.05, 0.1) is 6.54 Å². The molecule has 0 aliphatic carbocycles. The number of aliphatic carboxylic acids is 1. The van der Waals surface area contributed by atoms with Crippen LogP contribution in [-0.4, -0.2) is 76.5 Å². The van der Waals surface area contributed by atoms with Crippen molar-refractivity contribution in [3.05, 3.63) is 18.0 Å². The maximum absolute atomic E-state index is 12.5. The molecule has 24 heavy (non-hydrogen) atoms. The van der Waals surface area contributed by atoms with Gasteiger partial charge in [-0.3, -0.25) is 4.79 Å². The Hall–Kier alpha value is -1.56. The molecule has 0 radical (unpaired) electrons. The molecule has 9 nitrogen and oxygen atoms in total. The van der Waals surface area contributed by atoms with E-state index in [1.807, 2.05) is 0 Å². The number of carboxylic acids is 1. The SMILES string of the molecule is CC(O)(CNC(=O)c1cc(S(=O)(=O)N2CCSCC2)c[nH]1)C(=O)O. The molecule has 134 valence electrons. The van der Waals surface area contributed by atoms with Crippen molar-refractivity contribution in [2.75, 3.05) is 31.1 Å². The molecule has 1 atom stereocenters. The number of aromatic nitrogens is 1. The number of carbonyl (C=O) groups is 2. The molecule has 0 aromatic carbocycles. The van der Waals surface area contributed by atoms with Crippen LogP contribution in [0.5, 0.6) is 0 Å². The van der Waals surface area contributed by atoms with Crippen molar-refractivity contribution < 1.29 is 28.2 Å². The zero-order valence-corrected chi connectivity index (χ0v) is 14.6. The van der Waals surface area contributed by atoms with Gasteiger partial charge >= 0.3 is 5.97 Å². The van der Waals surface area contributed by atoms with Crippen molar-refractivity contribution in [1.29, 1.82) is 0 Å². The Bertz CT molecular complexity index is 722. The number of amides is 1. The Kier molecular flexibility index (Phi) is 5.58. The molecule has 0 bridgehead atoms. The van der Waals surface area contributed by atoms with Crippen LogP contribution in [0.3, 0.4) is 0 Å². The number of nitrogens with one attached hydrogen (secondary N) is 2. The number of rotatable bonds is 6. The van der Waals surface area contributed by atoms with Crippen molar-refractivity contribution in [1.82, 2.24) is 14.6 Å². The van der Waals surface area contributed by atoms with E-state index in [0.717, 1.165) is 18.4 Å². The van der Waals surface area contributed by atoms with E-state index in [1.54, 1.807) is 11.8 Å². The van der Waals surface area contributed by atoms with Gasteiger partial charge in [-0.1, -0.05) is 0 Å². The molecule has 4 N–H and O–H groups in total. The van der Waals surface area contributed by atoms with Crippen LogP contribution < -0.4 is 5.32 Å². The number of aromatic amines is 1. The first-order chi connectivity index (χ1) is 11.1. The standard InChI is InChI=1S/C13H19N3O6S2/c1-13(20,12(18)19)8-15-11(17)10-6-9(7-14-10)24(21,22)16-2-4-23-5-3-16/h6-7,14,20H,2-5,8H2,1H3,(H,15,17)(H,18,19). The van der Waals surface area contributed by atoms with Crippen molar-refractivity contribution >= 4 is 33.7 Å². The first-order valence-electron chi connectivity index (χ1n) is 7.15. The Morgan fingerprint density at radius 1 is 1.42 bits per heavy atom. The first-order valence-corrected chi connectivity index (χ1v) is 9.74. The number of carboxylic acid groups (broad SMARTS) is 1. The summed E-state index contributed by atoms with van der Waals surface area (Å²) in [4.78, 5) is 25.3. The van der Waals surface area contributed by atoms with E-state index in [0.29, 0.717) is 13.1 Å². The van der Waals surface area contributed by atoms with Gasteiger partial charge in [0.15, 0.2) is 5.60 Å². The van der Waals surface area contributed by atoms with E-state index < -0.39 is 34.0 Å². The number of thioether (sulfide) groups is 1. The Morgan fingerprint density at radius 2 is 2.04 bits per heavy atom. The summed E-state index contributed by atoms with van der Waals surface area (Å²) in [7, 11) is -3.67. The number of nitrogens with zero attached hydrogens (tertiary/aromatic N) is 1. The highest BCUT2D eigenvalue weighted by Gasteiger charge is 2.31. The summed E-state index contributed by atoms with van der Waals surface area (Å²) in [5.74, 6) is -0.726. The fourth-order valence-electron chi connectivity index (χ4n) is 2.01. The largest absolute Gasteiger partial charge is 0.479 e. The van der Waals surface area contributed by atoms with Crippen molar-refractivity contribution in [2.24, 2.45) is 0 Å². The van der Waals surface area contributed by atoms with Crippen LogP contribution in [0, 0.1) is 0 Å². The van der Waals surface area contributed by atoms with E-state index in [9.17, 15) is 23.1 Å². The van der Waals surface area contributed by atoms with Crippen molar-refractivity contribution in [3.63, 3.8) is 0 Å². The van der Waals surface area contributed by atoms with Crippen LogP contribution in [0.2, 0.25) is 0 Å². The topological polar surface area (TPSA) is 140 Å². The summed E-state index contributed by atoms with van der Waals surface area (Å²) in [5, 5.41) is 20.6. The predicted octanol–water partition coefficient (Wildman–Crippen LogP) is -0.682. The first kappa shape index (κ1) is 18.8. The molecule has 2 heterocycles. The van der Waals surface area contributed by atoms with Gasteiger partial charge in [0.2, 0.25) is 10.0 Å². The van der Waals surface area contributed by atoms with Crippen LogP contribution in [0.4, 0.5) is 0 Å². The maximum atomic E-state index is 12.5. The lowest BCUT2D eigenvalue weighted by Gasteiger charge is -2.24. The molecule has 1 unspecified atom stereocenters. The molecule has 1 aliphatic rings. The Balaban J connectivity index is 2.07. The molecule has 0 saturated carbocycles. The minimum Gasteiger partial charge on any atom is -0.479 e. The van der Waals surface area contributed by atoms with Crippen LogP contribution >= 0.6 is 11.8 Å². The fourth-order valence-corrected chi connectivity index (χ4v) is 4.58. The molecule has 1 aliphatic heterocycles. The molecular formula is C13H19N3O6S2. The zero-order valence-electron chi connectivity index (χ0n) is 13.0. The third-order valence-electron chi connectivity index (χ3n) is 3.56. The van der Waals surface area contributed by atoms with Gasteiger partial charge in [0, 0.05) is 30.8 Å². The quantitative estimate of drug-likeness (QED) is 0.515. The number of sulfonamides is 1. The average Bonchev–Trinajstić information content (AvgIpc) is 3.04. The third-order valence-corrected chi connectivity index (χ3v) is 6.38. The molecule has 11 heteroatoms. The van der Waals surface area contributed by atoms with Crippen LogP contribution in [-0.2, 0) is 14.8 Å². The minimum absolute atomic E-state index is 0.0236. The summed E-state index contributed by atoms with van der Waals surface area (Å²) < 4.78 is 26.3. The van der Waals surface area contributed by atoms with Gasteiger partial charge < -0.3 is 20.5 Å². The number of hydrogen-bond donors (Lipinski definition) is 4. The maximum Gasteiger partial charge on any atom is 0.337 e. The van der Waals surface area contributed by atoms with Crippen LogP contribution in [0.1, 0.15) is 17.4 Å². The monoisotopic (exact) mass is 377 g/mol. The molecule has 1 saturated heterocycles. The highest BCUT2D eigenvalue weighted by molar-refractivity contribution is 7.99. The summed E-state index contributed by atoms with van der Waals surface area (Å²) in [6, 6.07) is 1.20. The van der Waals surface area contributed by atoms with Gasteiger partial charge in [0.25, 0.3) is 5.91 Å². The number of carbonyl (C=O) groups excluding carboxylic acids is 1. The second-order valence-electron chi connectivity index (χ2n) is 5.53. The Morgan fingerprint density at radius 3 is 2.62 bits per heavy atom. The molecule has 2 rings (SSSR count). The van der Waals surface area contributed by atoms with Crippen molar-refractivity contribution in [3.8, 4) is 0 Å². The lowest BCUT2D eigenvalue weighted by Crippen LogP contribution is -2.46. The Labute approximate surface area is 143 Å². The lowest BCUT2D eigenvalue weighted by atomic mass is 10.1. The second kappa shape index (κ2) is 7.13. The number of aliphatic hydroxyl groups is 1. The molecule has 0 spiro atoms. The third kappa shape index (κ3) is 4.09. The molecule has 1 aromatic rings. The molecular weight excluding hydrogens is 358 g/mol. The fraction of sp³-hybridized carbons (Fsp3) is 0.538. The summed E-state index contributed by atoms with van der Waals surface area (Å²) in [6.45, 7) is 1.38. The lowest BCUT2D eigenvalue weighted by molar-refractivity contribution is -0.155. The molecule has 1 aromatic heterocycles. The highest BCUT2D eigenvalue weighted by atomic mass is 32.2. The van der Waals surface area contributed by atoms with Crippen LogP contribution in [0.15, 0.2) is 17.2 Å². The van der Waals surface area contributed by atoms with Gasteiger partial charge in [0.1, 0.15) is 10.6 Å². The van der Waals surface area contributed by atoms with Gasteiger partial charge in [-0.25, -0.2) is 13.2 Å². The molecule has 1 amide bonds. The number of H-pyrrole nitrogens is 1. The van der Waals surface area contributed by atoms with E-state index in [1.165, 1.54) is 16.6 Å². The number of hydrogen-bond acceptors (Lipinski definition) is 6. The minimum atomic E-state index is -3.67. The summed E-state index contributed by atoms with van der Waals surface area (Å²) >= 11 is 1.68. The normalized spacial score (nSPS) is 18.8. The van der Waals surface area contributed by atoms with E-state index in [4.69, 9.17) is 5.11 Å². The summed E-state index contributed by atoms with van der Waals surface area (Å²) in [6.07, 6.45) is 1.22. The zero-order chi connectivity index (χ0) is 18.0. The second-order valence-corrected chi connectivity index (χ2v) is 8.69. The van der Waals surface area contributed by atoms with Crippen molar-refractivity contribution in [2.45, 2.75) is 17.4 Å². The van der Waals surface area contributed by atoms with E-state index in [-0.39, 0.29) is 10.6 Å². The van der Waals surface area contributed by atoms with E-state index >= 15 is 0 Å². The van der Waals surface area contributed by atoms with Gasteiger partial charge in [-0.05, 0) is 13.0 Å². The van der Waals surface area contributed by atoms with E-state index in [2.05, 4.69) is 10.3 Å². The highest BCUT2D eigenvalue weighted by Crippen LogP contribution is 2.20. The smallest absolute Gasteiger partial charge is 0.337 e. The molecule has 1 fully saturated rings. The predicted molar refractivity (Wildman–Crippen MR) is 87.5 cm³/mol. The average molecular weight is 377 g/mol. The van der Waals surface area contributed by atoms with Gasteiger partial charge in [-0.2, -0.15) is 16.1 Å².